The Bertz CT molecular complexity index is 341. The van der Waals surface area contributed by atoms with Gasteiger partial charge in [-0.1, -0.05) is 12.2 Å². The lowest BCUT2D eigenvalue weighted by Gasteiger charge is -2.12. The largest absolute Gasteiger partial charge is 0.490 e. The van der Waals surface area contributed by atoms with E-state index >= 15 is 0 Å². The van der Waals surface area contributed by atoms with E-state index in [1.54, 1.807) is 12.3 Å². The summed E-state index contributed by atoms with van der Waals surface area (Å²) in [5.74, 6) is 0.645. The lowest BCUT2D eigenvalue weighted by atomic mass is 10.3. The molecule has 0 saturated carbocycles. The van der Waals surface area contributed by atoms with Crippen LogP contribution in [0.2, 0.25) is 0 Å². The standard InChI is InChI=1S/C10H15N3OS/c1-13(2)6-7-14-8-4-3-5-12-9(8)10(11)15/h3-5H,6-7H2,1-2H3,(H2,11,15). The smallest absolute Gasteiger partial charge is 0.148 e. The van der Waals surface area contributed by atoms with E-state index in [2.05, 4.69) is 4.98 Å². The number of pyridine rings is 1. The zero-order valence-electron chi connectivity index (χ0n) is 8.93. The molecule has 0 bridgehead atoms. The summed E-state index contributed by atoms with van der Waals surface area (Å²) in [5, 5.41) is 0. The van der Waals surface area contributed by atoms with Crippen molar-refractivity contribution in [2.45, 2.75) is 0 Å². The quantitative estimate of drug-likeness (QED) is 0.746. The fraction of sp³-hybridized carbons (Fsp3) is 0.400. The Morgan fingerprint density at radius 1 is 1.60 bits per heavy atom. The number of ether oxygens (including phenoxy) is 1. The van der Waals surface area contributed by atoms with Crippen molar-refractivity contribution in [2.24, 2.45) is 5.73 Å². The summed E-state index contributed by atoms with van der Waals surface area (Å²) in [4.78, 5) is 6.37. The molecule has 4 nitrogen and oxygen atoms in total. The van der Waals surface area contributed by atoms with Gasteiger partial charge in [-0.25, -0.2) is 4.98 Å². The van der Waals surface area contributed by atoms with Crippen molar-refractivity contribution in [3.8, 4) is 5.75 Å². The molecule has 0 fully saturated rings. The number of hydrogen-bond donors (Lipinski definition) is 1. The van der Waals surface area contributed by atoms with Crippen LogP contribution in [-0.2, 0) is 0 Å². The van der Waals surface area contributed by atoms with Crippen molar-refractivity contribution in [1.29, 1.82) is 0 Å². The summed E-state index contributed by atoms with van der Waals surface area (Å²) in [6.07, 6.45) is 1.65. The third kappa shape index (κ3) is 3.81. The first-order valence-electron chi connectivity index (χ1n) is 4.63. The fourth-order valence-electron chi connectivity index (χ4n) is 1.03. The zero-order chi connectivity index (χ0) is 11.3. The Morgan fingerprint density at radius 2 is 2.33 bits per heavy atom. The molecule has 1 aromatic rings. The molecular formula is C10H15N3OS. The number of likely N-dealkylation sites (N-methyl/N-ethyl adjacent to an activating group) is 1. The summed E-state index contributed by atoms with van der Waals surface area (Å²) in [7, 11) is 3.97. The molecule has 0 saturated heterocycles. The Hall–Kier alpha value is -1.20. The minimum absolute atomic E-state index is 0.260. The number of nitrogens with two attached hydrogens (primary N) is 1. The zero-order valence-corrected chi connectivity index (χ0v) is 9.75. The topological polar surface area (TPSA) is 51.4 Å². The Labute approximate surface area is 95.0 Å². The van der Waals surface area contributed by atoms with Gasteiger partial charge in [0.05, 0.1) is 0 Å². The van der Waals surface area contributed by atoms with Crippen molar-refractivity contribution in [1.82, 2.24) is 9.88 Å². The highest BCUT2D eigenvalue weighted by Gasteiger charge is 2.06. The highest BCUT2D eigenvalue weighted by Crippen LogP contribution is 2.14. The number of rotatable bonds is 5. The van der Waals surface area contributed by atoms with Gasteiger partial charge in [0.25, 0.3) is 0 Å². The van der Waals surface area contributed by atoms with Crippen LogP contribution in [0.3, 0.4) is 0 Å². The molecule has 0 aliphatic rings. The molecule has 0 radical (unpaired) electrons. The van der Waals surface area contributed by atoms with E-state index in [0.29, 0.717) is 18.1 Å². The van der Waals surface area contributed by atoms with Crippen molar-refractivity contribution in [3.63, 3.8) is 0 Å². The molecule has 2 N–H and O–H groups in total. The second kappa shape index (κ2) is 5.63. The maximum absolute atomic E-state index is 5.54. The predicted octanol–water partition coefficient (Wildman–Crippen LogP) is 0.656. The molecule has 0 unspecified atom stereocenters. The first-order chi connectivity index (χ1) is 7.11. The van der Waals surface area contributed by atoms with Crippen LogP contribution in [0.15, 0.2) is 18.3 Å². The molecule has 1 aromatic heterocycles. The van der Waals surface area contributed by atoms with E-state index in [0.717, 1.165) is 6.54 Å². The summed E-state index contributed by atoms with van der Waals surface area (Å²) >= 11 is 4.88. The van der Waals surface area contributed by atoms with Gasteiger partial charge in [-0.15, -0.1) is 0 Å². The van der Waals surface area contributed by atoms with Crippen LogP contribution >= 0.6 is 12.2 Å². The SMILES string of the molecule is CN(C)CCOc1cccnc1C(N)=S. The maximum Gasteiger partial charge on any atom is 0.148 e. The molecule has 0 spiro atoms. The average Bonchev–Trinajstić information content (AvgIpc) is 2.17. The highest BCUT2D eigenvalue weighted by molar-refractivity contribution is 7.80. The van der Waals surface area contributed by atoms with E-state index in [1.807, 2.05) is 25.1 Å². The summed E-state index contributed by atoms with van der Waals surface area (Å²) in [6.45, 7) is 1.43. The number of hydrogen-bond acceptors (Lipinski definition) is 4. The second-order valence-electron chi connectivity index (χ2n) is 3.37. The van der Waals surface area contributed by atoms with Crippen molar-refractivity contribution in [3.05, 3.63) is 24.0 Å². The van der Waals surface area contributed by atoms with Crippen LogP contribution in [0.25, 0.3) is 0 Å². The normalized spacial score (nSPS) is 10.3. The van der Waals surface area contributed by atoms with Gasteiger partial charge in [-0.2, -0.15) is 0 Å². The Morgan fingerprint density at radius 3 is 2.93 bits per heavy atom. The van der Waals surface area contributed by atoms with Gasteiger partial charge in [0.15, 0.2) is 0 Å². The third-order valence-corrected chi connectivity index (χ3v) is 1.99. The first-order valence-corrected chi connectivity index (χ1v) is 5.04. The molecule has 0 aliphatic carbocycles. The maximum atomic E-state index is 5.54. The van der Waals surface area contributed by atoms with E-state index in [4.69, 9.17) is 22.7 Å². The first kappa shape index (κ1) is 11.9. The Balaban J connectivity index is 2.63. The van der Waals surface area contributed by atoms with E-state index in [1.165, 1.54) is 0 Å². The molecule has 1 heterocycles. The Kier molecular flexibility index (Phi) is 4.45. The number of aromatic nitrogens is 1. The monoisotopic (exact) mass is 225 g/mol. The summed E-state index contributed by atoms with van der Waals surface area (Å²) in [5.41, 5.74) is 6.07. The van der Waals surface area contributed by atoms with Crippen molar-refractivity contribution in [2.75, 3.05) is 27.2 Å². The second-order valence-corrected chi connectivity index (χ2v) is 3.81. The van der Waals surface area contributed by atoms with Gasteiger partial charge in [0.2, 0.25) is 0 Å². The van der Waals surface area contributed by atoms with Crippen molar-refractivity contribution < 1.29 is 4.74 Å². The lowest BCUT2D eigenvalue weighted by Crippen LogP contribution is -2.21. The molecule has 0 aliphatic heterocycles. The number of nitrogens with zero attached hydrogens (tertiary/aromatic N) is 2. The molecule has 5 heteroatoms. The van der Waals surface area contributed by atoms with Crippen LogP contribution in [0.1, 0.15) is 5.69 Å². The third-order valence-electron chi connectivity index (χ3n) is 1.80. The van der Waals surface area contributed by atoms with Crippen molar-refractivity contribution >= 4 is 17.2 Å². The minimum Gasteiger partial charge on any atom is -0.490 e. The molecule has 1 rings (SSSR count). The lowest BCUT2D eigenvalue weighted by molar-refractivity contribution is 0.260. The molecule has 0 aromatic carbocycles. The van der Waals surface area contributed by atoms with Crippen LogP contribution in [0.5, 0.6) is 5.75 Å². The van der Waals surface area contributed by atoms with Crippen LogP contribution in [-0.4, -0.2) is 42.1 Å². The van der Waals surface area contributed by atoms with Gasteiger partial charge < -0.3 is 15.4 Å². The molecule has 82 valence electrons. The van der Waals surface area contributed by atoms with Crippen LogP contribution < -0.4 is 10.5 Å². The van der Waals surface area contributed by atoms with E-state index in [9.17, 15) is 0 Å². The van der Waals surface area contributed by atoms with Gasteiger partial charge in [0.1, 0.15) is 23.0 Å². The van der Waals surface area contributed by atoms with Gasteiger partial charge in [0, 0.05) is 12.7 Å². The molecule has 15 heavy (non-hydrogen) atoms. The van der Waals surface area contributed by atoms with E-state index in [-0.39, 0.29) is 4.99 Å². The highest BCUT2D eigenvalue weighted by atomic mass is 32.1. The predicted molar refractivity (Wildman–Crippen MR) is 64.2 cm³/mol. The molecular weight excluding hydrogens is 210 g/mol. The van der Waals surface area contributed by atoms with Gasteiger partial charge in [-0.05, 0) is 26.2 Å². The summed E-state index contributed by atoms with van der Waals surface area (Å²) in [6, 6.07) is 3.62. The minimum atomic E-state index is 0.260. The van der Waals surface area contributed by atoms with Gasteiger partial charge in [-0.3, -0.25) is 0 Å². The van der Waals surface area contributed by atoms with Crippen LogP contribution in [0, 0.1) is 0 Å². The summed E-state index contributed by atoms with van der Waals surface area (Å²) < 4.78 is 5.54. The number of thiocarbonyl (C=S) groups is 1. The van der Waals surface area contributed by atoms with E-state index < -0.39 is 0 Å². The molecule has 0 amide bonds. The van der Waals surface area contributed by atoms with Gasteiger partial charge >= 0.3 is 0 Å². The molecule has 0 atom stereocenters. The fourth-order valence-corrected chi connectivity index (χ4v) is 1.18. The van der Waals surface area contributed by atoms with Crippen LogP contribution in [0.4, 0.5) is 0 Å². The average molecular weight is 225 g/mol.